The average molecular weight is 222 g/mol. The summed E-state index contributed by atoms with van der Waals surface area (Å²) in [7, 11) is 0. The zero-order chi connectivity index (χ0) is 11.9. The maximum Gasteiger partial charge on any atom is 0.0499 e. The van der Waals surface area contributed by atoms with Crippen molar-refractivity contribution in [1.82, 2.24) is 10.3 Å². The van der Waals surface area contributed by atoms with Crippen LogP contribution in [0.2, 0.25) is 0 Å². The van der Waals surface area contributed by atoms with Crippen LogP contribution in [-0.2, 0) is 6.54 Å². The minimum atomic E-state index is 0.0300. The third-order valence-electron chi connectivity index (χ3n) is 3.39. The second kappa shape index (κ2) is 6.61. The Morgan fingerprint density at radius 1 is 1.38 bits per heavy atom. The molecule has 3 nitrogen and oxygen atoms in total. The number of rotatable bonds is 7. The highest BCUT2D eigenvalue weighted by atomic mass is 16.3. The molecule has 0 saturated carbocycles. The van der Waals surface area contributed by atoms with Crippen LogP contribution in [0.1, 0.15) is 32.3 Å². The summed E-state index contributed by atoms with van der Waals surface area (Å²) in [5, 5.41) is 12.8. The van der Waals surface area contributed by atoms with Crippen molar-refractivity contribution in [1.29, 1.82) is 0 Å². The molecule has 0 radical (unpaired) electrons. The van der Waals surface area contributed by atoms with Crippen molar-refractivity contribution in [3.8, 4) is 0 Å². The third kappa shape index (κ3) is 3.58. The Hall–Kier alpha value is -0.930. The molecule has 0 aliphatic heterocycles. The Balaban J connectivity index is 2.39. The van der Waals surface area contributed by atoms with Gasteiger partial charge in [0.05, 0.1) is 0 Å². The molecule has 0 aromatic carbocycles. The Labute approximate surface area is 97.9 Å². The smallest absolute Gasteiger partial charge is 0.0499 e. The van der Waals surface area contributed by atoms with Gasteiger partial charge in [0.15, 0.2) is 0 Å². The molecule has 1 aromatic heterocycles. The van der Waals surface area contributed by atoms with E-state index in [9.17, 15) is 5.11 Å². The molecule has 0 spiro atoms. The first-order chi connectivity index (χ1) is 7.76. The zero-order valence-electron chi connectivity index (χ0n) is 10.2. The molecule has 1 heterocycles. The first kappa shape index (κ1) is 13.1. The van der Waals surface area contributed by atoms with Crippen molar-refractivity contribution >= 4 is 0 Å². The Bertz CT molecular complexity index is 275. The van der Waals surface area contributed by atoms with Gasteiger partial charge in [-0.05, 0) is 24.5 Å². The molecule has 0 fully saturated rings. The quantitative estimate of drug-likeness (QED) is 0.741. The number of hydrogen-bond acceptors (Lipinski definition) is 3. The van der Waals surface area contributed by atoms with Crippen LogP contribution in [-0.4, -0.2) is 23.2 Å². The molecular weight excluding hydrogens is 200 g/mol. The fraction of sp³-hybridized carbons (Fsp3) is 0.615. The van der Waals surface area contributed by atoms with E-state index in [-0.39, 0.29) is 12.0 Å². The Morgan fingerprint density at radius 3 is 2.62 bits per heavy atom. The number of aliphatic hydroxyl groups excluding tert-OH is 1. The van der Waals surface area contributed by atoms with Gasteiger partial charge in [-0.25, -0.2) is 0 Å². The van der Waals surface area contributed by atoms with Crippen LogP contribution in [0.4, 0.5) is 0 Å². The number of pyridine rings is 1. The lowest BCUT2D eigenvalue weighted by atomic mass is 9.83. The predicted molar refractivity (Wildman–Crippen MR) is 66.0 cm³/mol. The summed E-state index contributed by atoms with van der Waals surface area (Å²) in [5.74, 6) is 0. The summed E-state index contributed by atoms with van der Waals surface area (Å²) >= 11 is 0. The molecule has 0 saturated heterocycles. The summed E-state index contributed by atoms with van der Waals surface area (Å²) in [5.41, 5.74) is 1.21. The highest BCUT2D eigenvalue weighted by Gasteiger charge is 2.24. The van der Waals surface area contributed by atoms with Crippen LogP contribution in [0, 0.1) is 5.41 Å². The number of hydrogen-bond donors (Lipinski definition) is 2. The van der Waals surface area contributed by atoms with Crippen molar-refractivity contribution in [3.63, 3.8) is 0 Å². The second-order valence-corrected chi connectivity index (χ2v) is 4.33. The molecule has 16 heavy (non-hydrogen) atoms. The van der Waals surface area contributed by atoms with E-state index in [0.717, 1.165) is 25.9 Å². The summed E-state index contributed by atoms with van der Waals surface area (Å²) in [6.45, 7) is 6.18. The normalized spacial score (nSPS) is 11.7. The largest absolute Gasteiger partial charge is 0.396 e. The fourth-order valence-corrected chi connectivity index (χ4v) is 1.75. The van der Waals surface area contributed by atoms with Crippen molar-refractivity contribution < 1.29 is 5.11 Å². The Morgan fingerprint density at radius 2 is 2.12 bits per heavy atom. The molecule has 90 valence electrons. The first-order valence-electron chi connectivity index (χ1n) is 5.97. The van der Waals surface area contributed by atoms with Gasteiger partial charge in [-0.3, -0.25) is 4.98 Å². The van der Waals surface area contributed by atoms with Crippen LogP contribution >= 0.6 is 0 Å². The molecule has 0 unspecified atom stereocenters. The molecule has 1 rings (SSSR count). The number of nitrogens with zero attached hydrogens (tertiary/aromatic N) is 1. The maximum absolute atomic E-state index is 9.42. The maximum atomic E-state index is 9.42. The van der Waals surface area contributed by atoms with E-state index in [2.05, 4.69) is 30.2 Å². The average Bonchev–Trinajstić information content (AvgIpc) is 2.37. The molecule has 0 amide bonds. The van der Waals surface area contributed by atoms with E-state index in [1.165, 1.54) is 5.56 Å². The minimum Gasteiger partial charge on any atom is -0.396 e. The zero-order valence-corrected chi connectivity index (χ0v) is 10.2. The molecule has 0 aliphatic carbocycles. The number of nitrogens with one attached hydrogen (secondary N) is 1. The highest BCUT2D eigenvalue weighted by Crippen LogP contribution is 2.24. The number of aromatic nitrogens is 1. The van der Waals surface area contributed by atoms with Crippen LogP contribution in [0.25, 0.3) is 0 Å². The van der Waals surface area contributed by atoms with E-state index in [4.69, 9.17) is 0 Å². The van der Waals surface area contributed by atoms with E-state index in [1.807, 2.05) is 12.3 Å². The van der Waals surface area contributed by atoms with Gasteiger partial charge in [-0.15, -0.1) is 0 Å². The molecular formula is C13H22N2O. The highest BCUT2D eigenvalue weighted by molar-refractivity contribution is 5.07. The van der Waals surface area contributed by atoms with Crippen molar-refractivity contribution in [2.24, 2.45) is 5.41 Å². The summed E-state index contributed by atoms with van der Waals surface area (Å²) in [6.07, 6.45) is 5.64. The van der Waals surface area contributed by atoms with Gasteiger partial charge in [0.2, 0.25) is 0 Å². The van der Waals surface area contributed by atoms with Crippen molar-refractivity contribution in [2.45, 2.75) is 33.2 Å². The number of aliphatic hydroxyl groups is 1. The van der Waals surface area contributed by atoms with Gasteiger partial charge in [0.1, 0.15) is 0 Å². The van der Waals surface area contributed by atoms with E-state index in [1.54, 1.807) is 6.20 Å². The molecule has 0 atom stereocenters. The van der Waals surface area contributed by atoms with Gasteiger partial charge in [0.25, 0.3) is 0 Å². The second-order valence-electron chi connectivity index (χ2n) is 4.33. The van der Waals surface area contributed by atoms with Crippen LogP contribution in [0.3, 0.4) is 0 Å². The van der Waals surface area contributed by atoms with Crippen molar-refractivity contribution in [3.05, 3.63) is 30.1 Å². The fourth-order valence-electron chi connectivity index (χ4n) is 1.75. The van der Waals surface area contributed by atoms with Gasteiger partial charge in [-0.2, -0.15) is 0 Å². The van der Waals surface area contributed by atoms with Gasteiger partial charge in [0, 0.05) is 37.5 Å². The predicted octanol–water partition coefficient (Wildman–Crippen LogP) is 1.97. The molecule has 3 heteroatoms. The van der Waals surface area contributed by atoms with Crippen LogP contribution in [0.15, 0.2) is 24.5 Å². The molecule has 2 N–H and O–H groups in total. The Kier molecular flexibility index (Phi) is 5.43. The lowest BCUT2D eigenvalue weighted by Gasteiger charge is -2.29. The molecule has 0 bridgehead atoms. The topological polar surface area (TPSA) is 45.1 Å². The monoisotopic (exact) mass is 222 g/mol. The molecule has 0 aliphatic rings. The van der Waals surface area contributed by atoms with Gasteiger partial charge in [-0.1, -0.05) is 19.9 Å². The lowest BCUT2D eigenvalue weighted by Crippen LogP contribution is -2.36. The summed E-state index contributed by atoms with van der Waals surface area (Å²) in [4.78, 5) is 4.07. The first-order valence-corrected chi connectivity index (χ1v) is 5.97. The third-order valence-corrected chi connectivity index (χ3v) is 3.39. The van der Waals surface area contributed by atoms with Gasteiger partial charge >= 0.3 is 0 Å². The molecule has 1 aromatic rings. The summed E-state index contributed by atoms with van der Waals surface area (Å²) < 4.78 is 0. The van der Waals surface area contributed by atoms with Crippen molar-refractivity contribution in [2.75, 3.05) is 13.2 Å². The van der Waals surface area contributed by atoms with E-state index in [0.29, 0.717) is 0 Å². The van der Waals surface area contributed by atoms with Crippen LogP contribution < -0.4 is 5.32 Å². The summed E-state index contributed by atoms with van der Waals surface area (Å²) in [6, 6.07) is 3.99. The lowest BCUT2D eigenvalue weighted by molar-refractivity contribution is 0.113. The standard InChI is InChI=1S/C13H22N2O/c1-3-13(4-2,11-16)10-15-9-12-6-5-7-14-8-12/h5-8,15-16H,3-4,9-11H2,1-2H3. The van der Waals surface area contributed by atoms with Crippen LogP contribution in [0.5, 0.6) is 0 Å². The van der Waals surface area contributed by atoms with E-state index >= 15 is 0 Å². The SMILES string of the molecule is CCC(CC)(CO)CNCc1cccnc1. The minimum absolute atomic E-state index is 0.0300. The van der Waals surface area contributed by atoms with E-state index < -0.39 is 0 Å². The van der Waals surface area contributed by atoms with Gasteiger partial charge < -0.3 is 10.4 Å².